The summed E-state index contributed by atoms with van der Waals surface area (Å²) in [7, 11) is 3.30. The van der Waals surface area contributed by atoms with Crippen molar-refractivity contribution in [2.24, 2.45) is 5.92 Å². The molecule has 0 aliphatic carbocycles. The van der Waals surface area contributed by atoms with Crippen LogP contribution < -0.4 is 0 Å². The van der Waals surface area contributed by atoms with Gasteiger partial charge >= 0.3 is 6.03 Å². The maximum Gasteiger partial charge on any atom is 0.326 e. The molecule has 114 valence electrons. The smallest absolute Gasteiger partial charge is 0.326 e. The molecule has 0 N–H and O–H groups in total. The molecule has 6 nitrogen and oxygen atoms in total. The van der Waals surface area contributed by atoms with E-state index in [0.29, 0.717) is 5.16 Å². The van der Waals surface area contributed by atoms with Crippen LogP contribution in [-0.2, 0) is 4.79 Å². The van der Waals surface area contributed by atoms with Crippen LogP contribution in [0.2, 0.25) is 0 Å². The Labute approximate surface area is 128 Å². The Kier molecular flexibility index (Phi) is 4.22. The van der Waals surface area contributed by atoms with Crippen LogP contribution in [0, 0.1) is 5.92 Å². The van der Waals surface area contributed by atoms with Crippen molar-refractivity contribution in [2.45, 2.75) is 36.7 Å². The number of β-lactam (4-membered cyclic amide) rings is 1. The van der Waals surface area contributed by atoms with E-state index in [4.69, 9.17) is 0 Å². The second-order valence-corrected chi connectivity index (χ2v) is 7.48. The summed E-state index contributed by atoms with van der Waals surface area (Å²) in [5.74, 6) is -0.304. The van der Waals surface area contributed by atoms with Crippen LogP contribution in [0.4, 0.5) is 4.79 Å². The molecule has 1 fully saturated rings. The molecule has 1 saturated heterocycles. The van der Waals surface area contributed by atoms with Crippen LogP contribution in [0.25, 0.3) is 0 Å². The summed E-state index contributed by atoms with van der Waals surface area (Å²) >= 11 is 1.48. The van der Waals surface area contributed by atoms with Crippen molar-refractivity contribution < 1.29 is 9.59 Å². The Morgan fingerprint density at radius 2 is 1.90 bits per heavy atom. The zero-order valence-electron chi connectivity index (χ0n) is 12.9. The van der Waals surface area contributed by atoms with Crippen molar-refractivity contribution >= 4 is 23.7 Å². The lowest BCUT2D eigenvalue weighted by Gasteiger charge is -2.51. The van der Waals surface area contributed by atoms with Gasteiger partial charge in [0.05, 0.1) is 12.0 Å². The van der Waals surface area contributed by atoms with Crippen LogP contribution in [0.3, 0.4) is 0 Å². The van der Waals surface area contributed by atoms with Gasteiger partial charge in [-0.25, -0.2) is 14.8 Å². The zero-order chi connectivity index (χ0) is 15.8. The summed E-state index contributed by atoms with van der Waals surface area (Å²) < 4.78 is -0.361. The number of thioether (sulfide) groups is 1. The standard InChI is InChI=1S/C14H20N4O2S/c1-9-10(18(11(9)19)13(20)17(4)5)14(2,3)21-12-15-7-6-8-16-12/h6-10H,1-5H3/t9-,10+/m0/s1. The molecule has 0 unspecified atom stereocenters. The van der Waals surface area contributed by atoms with Crippen molar-refractivity contribution in [1.29, 1.82) is 0 Å². The summed E-state index contributed by atoms with van der Waals surface area (Å²) in [5, 5.41) is 0.645. The second-order valence-electron chi connectivity index (χ2n) is 5.86. The number of amides is 3. The number of aromatic nitrogens is 2. The summed E-state index contributed by atoms with van der Waals surface area (Å²) in [4.78, 5) is 35.4. The number of hydrogen-bond donors (Lipinski definition) is 0. The van der Waals surface area contributed by atoms with E-state index < -0.39 is 0 Å². The Bertz CT molecular complexity index is 547. The molecule has 0 radical (unpaired) electrons. The Morgan fingerprint density at radius 3 is 2.43 bits per heavy atom. The van der Waals surface area contributed by atoms with E-state index in [-0.39, 0.29) is 28.6 Å². The molecule has 21 heavy (non-hydrogen) atoms. The molecule has 2 rings (SSSR count). The van der Waals surface area contributed by atoms with E-state index in [2.05, 4.69) is 9.97 Å². The summed E-state index contributed by atoms with van der Waals surface area (Å²) in [6, 6.07) is 1.31. The lowest BCUT2D eigenvalue weighted by atomic mass is 9.81. The van der Waals surface area contributed by atoms with Crippen LogP contribution in [0.1, 0.15) is 20.8 Å². The van der Waals surface area contributed by atoms with Gasteiger partial charge in [0.2, 0.25) is 5.91 Å². The predicted molar refractivity (Wildman–Crippen MR) is 80.8 cm³/mol. The summed E-state index contributed by atoms with van der Waals surface area (Å²) in [5.41, 5.74) is 0. The van der Waals surface area contributed by atoms with Gasteiger partial charge in [-0.2, -0.15) is 0 Å². The predicted octanol–water partition coefficient (Wildman–Crippen LogP) is 1.88. The number of carbonyl (C=O) groups excluding carboxylic acids is 2. The Balaban J connectivity index is 2.21. The Hall–Kier alpha value is -1.63. The molecule has 1 aromatic heterocycles. The maximum atomic E-state index is 12.2. The number of nitrogens with zero attached hydrogens (tertiary/aromatic N) is 4. The van der Waals surface area contributed by atoms with Crippen LogP contribution in [0.5, 0.6) is 0 Å². The molecule has 1 aliphatic rings. The first-order chi connectivity index (χ1) is 9.75. The third kappa shape index (κ3) is 2.88. The van der Waals surface area contributed by atoms with Crippen molar-refractivity contribution in [1.82, 2.24) is 19.8 Å². The second kappa shape index (κ2) is 5.63. The van der Waals surface area contributed by atoms with Crippen LogP contribution >= 0.6 is 11.8 Å². The molecule has 0 spiro atoms. The third-order valence-electron chi connectivity index (χ3n) is 3.58. The van der Waals surface area contributed by atoms with Crippen LogP contribution in [-0.4, -0.2) is 56.6 Å². The number of imide groups is 1. The van der Waals surface area contributed by atoms with E-state index in [0.717, 1.165) is 0 Å². The average Bonchev–Trinajstić information content (AvgIpc) is 2.43. The maximum absolute atomic E-state index is 12.2. The van der Waals surface area contributed by atoms with Crippen LogP contribution in [0.15, 0.2) is 23.6 Å². The molecular weight excluding hydrogens is 288 g/mol. The number of likely N-dealkylation sites (tertiary alicyclic amines) is 1. The largest absolute Gasteiger partial charge is 0.330 e. The number of rotatable bonds is 3. The minimum atomic E-state index is -0.361. The van der Waals surface area contributed by atoms with Crippen molar-refractivity contribution in [3.63, 3.8) is 0 Å². The van der Waals surface area contributed by atoms with Gasteiger partial charge in [0.1, 0.15) is 0 Å². The van der Waals surface area contributed by atoms with Gasteiger partial charge in [0, 0.05) is 31.2 Å². The molecule has 7 heteroatoms. The van der Waals surface area contributed by atoms with Gasteiger partial charge in [-0.3, -0.25) is 9.69 Å². The van der Waals surface area contributed by atoms with Gasteiger partial charge in [-0.1, -0.05) is 18.7 Å². The fourth-order valence-corrected chi connectivity index (χ4v) is 3.74. The lowest BCUT2D eigenvalue weighted by Crippen LogP contribution is -2.69. The van der Waals surface area contributed by atoms with Gasteiger partial charge < -0.3 is 4.90 Å². The normalized spacial score (nSPS) is 22.0. The highest BCUT2D eigenvalue weighted by Gasteiger charge is 2.55. The first-order valence-corrected chi connectivity index (χ1v) is 7.57. The van der Waals surface area contributed by atoms with E-state index in [1.165, 1.54) is 21.6 Å². The third-order valence-corrected chi connectivity index (χ3v) is 4.74. The van der Waals surface area contributed by atoms with E-state index in [1.807, 2.05) is 20.8 Å². The molecule has 0 aromatic carbocycles. The van der Waals surface area contributed by atoms with E-state index in [9.17, 15) is 9.59 Å². The monoisotopic (exact) mass is 308 g/mol. The van der Waals surface area contributed by atoms with Crippen molar-refractivity contribution in [3.05, 3.63) is 18.5 Å². The summed E-state index contributed by atoms with van der Waals surface area (Å²) in [6.45, 7) is 5.88. The molecule has 0 bridgehead atoms. The molecule has 3 amide bonds. The highest BCUT2D eigenvalue weighted by atomic mass is 32.2. The van der Waals surface area contributed by atoms with Gasteiger partial charge in [-0.15, -0.1) is 0 Å². The van der Waals surface area contributed by atoms with Gasteiger partial charge in [0.25, 0.3) is 0 Å². The molecular formula is C14H20N4O2S. The fraction of sp³-hybridized carbons (Fsp3) is 0.571. The molecule has 2 atom stereocenters. The lowest BCUT2D eigenvalue weighted by molar-refractivity contribution is -0.151. The SMILES string of the molecule is C[C@@H]1C(=O)N(C(=O)N(C)C)[C@H]1C(C)(C)Sc1ncccn1. The molecule has 2 heterocycles. The Morgan fingerprint density at radius 1 is 1.33 bits per heavy atom. The van der Waals surface area contributed by atoms with Gasteiger partial charge in [-0.05, 0) is 19.9 Å². The minimum Gasteiger partial charge on any atom is -0.330 e. The highest BCUT2D eigenvalue weighted by molar-refractivity contribution is 8.00. The quantitative estimate of drug-likeness (QED) is 0.484. The minimum absolute atomic E-state index is 0.124. The van der Waals surface area contributed by atoms with E-state index in [1.54, 1.807) is 32.6 Å². The fourth-order valence-electron chi connectivity index (χ4n) is 2.61. The zero-order valence-corrected chi connectivity index (χ0v) is 13.7. The first-order valence-electron chi connectivity index (χ1n) is 6.76. The number of hydrogen-bond acceptors (Lipinski definition) is 5. The number of carbonyl (C=O) groups is 2. The average molecular weight is 308 g/mol. The van der Waals surface area contributed by atoms with E-state index >= 15 is 0 Å². The first kappa shape index (κ1) is 15.8. The van der Waals surface area contributed by atoms with Gasteiger partial charge in [0.15, 0.2) is 5.16 Å². The summed E-state index contributed by atoms with van der Waals surface area (Å²) in [6.07, 6.45) is 3.37. The number of urea groups is 1. The van der Waals surface area contributed by atoms with Crippen molar-refractivity contribution in [2.75, 3.05) is 14.1 Å². The van der Waals surface area contributed by atoms with Crippen molar-refractivity contribution in [3.8, 4) is 0 Å². The molecule has 0 saturated carbocycles. The molecule has 1 aromatic rings. The molecule has 1 aliphatic heterocycles. The topological polar surface area (TPSA) is 66.4 Å². The highest BCUT2D eigenvalue weighted by Crippen LogP contribution is 2.44.